The second-order valence-corrected chi connectivity index (χ2v) is 7.45. The van der Waals surface area contributed by atoms with E-state index in [0.717, 1.165) is 16.4 Å². The Kier molecular flexibility index (Phi) is 5.16. The van der Waals surface area contributed by atoms with E-state index < -0.39 is 0 Å². The predicted octanol–water partition coefficient (Wildman–Crippen LogP) is 4.86. The van der Waals surface area contributed by atoms with Gasteiger partial charge in [-0.1, -0.05) is 49.6 Å². The third kappa shape index (κ3) is 3.71. The molecule has 116 valence electrons. The van der Waals surface area contributed by atoms with Crippen LogP contribution in [0, 0.1) is 6.92 Å². The lowest BCUT2D eigenvalue weighted by molar-refractivity contribution is 0.515. The lowest BCUT2D eigenvalue weighted by Gasteiger charge is -2.21. The van der Waals surface area contributed by atoms with Gasteiger partial charge in [0.2, 0.25) is 0 Å². The summed E-state index contributed by atoms with van der Waals surface area (Å²) in [6.07, 6.45) is 8.75. The molecule has 1 aromatic heterocycles. The molecule has 2 aromatic rings. The average Bonchev–Trinajstić information content (AvgIpc) is 2.58. The van der Waals surface area contributed by atoms with Crippen molar-refractivity contribution >= 4 is 11.8 Å². The van der Waals surface area contributed by atoms with Crippen LogP contribution in [0.4, 0.5) is 0 Å². The SMILES string of the molecule is Cc1cc(C(N)c2ccccc2)cnc1SC1CCCCC1. The van der Waals surface area contributed by atoms with Gasteiger partial charge in [0.1, 0.15) is 0 Å². The van der Waals surface area contributed by atoms with Crippen LogP contribution in [-0.4, -0.2) is 10.2 Å². The molecule has 1 atom stereocenters. The first kappa shape index (κ1) is 15.6. The third-order valence-corrected chi connectivity index (χ3v) is 5.86. The third-order valence-electron chi connectivity index (χ3n) is 4.40. The van der Waals surface area contributed by atoms with Crippen LogP contribution in [0.15, 0.2) is 47.6 Å². The molecule has 2 N–H and O–H groups in total. The highest BCUT2D eigenvalue weighted by Crippen LogP contribution is 2.34. The van der Waals surface area contributed by atoms with Crippen molar-refractivity contribution in [2.45, 2.75) is 55.3 Å². The van der Waals surface area contributed by atoms with E-state index in [0.29, 0.717) is 0 Å². The number of rotatable bonds is 4. The lowest BCUT2D eigenvalue weighted by atomic mass is 10.0. The molecule has 0 amide bonds. The van der Waals surface area contributed by atoms with Gasteiger partial charge < -0.3 is 5.73 Å². The van der Waals surface area contributed by atoms with Gasteiger partial charge in [-0.2, -0.15) is 0 Å². The van der Waals surface area contributed by atoms with Crippen LogP contribution in [0.5, 0.6) is 0 Å². The number of nitrogens with zero attached hydrogens (tertiary/aromatic N) is 1. The van der Waals surface area contributed by atoms with Crippen molar-refractivity contribution in [2.75, 3.05) is 0 Å². The van der Waals surface area contributed by atoms with E-state index in [2.05, 4.69) is 25.1 Å². The molecule has 0 saturated heterocycles. The largest absolute Gasteiger partial charge is 0.320 e. The number of pyridine rings is 1. The van der Waals surface area contributed by atoms with E-state index in [9.17, 15) is 0 Å². The fourth-order valence-corrected chi connectivity index (χ4v) is 4.31. The standard InChI is InChI=1S/C19H24N2S/c1-14-12-16(18(20)15-8-4-2-5-9-15)13-21-19(14)22-17-10-6-3-7-11-17/h2,4-5,8-9,12-13,17-18H,3,6-7,10-11,20H2,1H3. The van der Waals surface area contributed by atoms with Gasteiger partial charge in [0.25, 0.3) is 0 Å². The van der Waals surface area contributed by atoms with Gasteiger partial charge in [0.15, 0.2) is 0 Å². The Balaban J connectivity index is 1.74. The zero-order chi connectivity index (χ0) is 15.4. The Morgan fingerprint density at radius 3 is 2.50 bits per heavy atom. The maximum Gasteiger partial charge on any atom is 0.0991 e. The van der Waals surface area contributed by atoms with Crippen LogP contribution in [0.1, 0.15) is 54.8 Å². The molecule has 0 aliphatic heterocycles. The first-order chi connectivity index (χ1) is 10.7. The molecule has 0 radical (unpaired) electrons. The Bertz CT molecular complexity index is 606. The molecule has 3 heteroatoms. The van der Waals surface area contributed by atoms with Gasteiger partial charge in [-0.15, -0.1) is 11.8 Å². The van der Waals surface area contributed by atoms with Crippen LogP contribution in [0.25, 0.3) is 0 Å². The summed E-state index contributed by atoms with van der Waals surface area (Å²) in [6.45, 7) is 2.15. The summed E-state index contributed by atoms with van der Waals surface area (Å²) in [7, 11) is 0. The minimum absolute atomic E-state index is 0.0962. The van der Waals surface area contributed by atoms with Crippen molar-refractivity contribution in [3.63, 3.8) is 0 Å². The fraction of sp³-hybridized carbons (Fsp3) is 0.421. The summed E-state index contributed by atoms with van der Waals surface area (Å²) in [5, 5.41) is 1.92. The maximum absolute atomic E-state index is 6.37. The van der Waals surface area contributed by atoms with Crippen LogP contribution >= 0.6 is 11.8 Å². The van der Waals surface area contributed by atoms with E-state index in [1.165, 1.54) is 42.7 Å². The van der Waals surface area contributed by atoms with Gasteiger partial charge >= 0.3 is 0 Å². The van der Waals surface area contributed by atoms with Crippen molar-refractivity contribution in [1.82, 2.24) is 4.98 Å². The minimum atomic E-state index is -0.0962. The molecule has 0 bridgehead atoms. The summed E-state index contributed by atoms with van der Waals surface area (Å²) >= 11 is 1.96. The molecular formula is C19H24N2S. The molecule has 3 rings (SSSR count). The summed E-state index contributed by atoms with van der Waals surface area (Å²) in [5.41, 5.74) is 9.85. The Hall–Kier alpha value is -1.32. The summed E-state index contributed by atoms with van der Waals surface area (Å²) in [6, 6.07) is 12.3. The van der Waals surface area contributed by atoms with Gasteiger partial charge in [-0.05, 0) is 42.5 Å². The Labute approximate surface area is 137 Å². The van der Waals surface area contributed by atoms with Crippen LogP contribution in [0.2, 0.25) is 0 Å². The van der Waals surface area contributed by atoms with E-state index in [4.69, 9.17) is 10.7 Å². The minimum Gasteiger partial charge on any atom is -0.320 e. The molecule has 1 unspecified atom stereocenters. The number of benzene rings is 1. The first-order valence-electron chi connectivity index (χ1n) is 8.18. The van der Waals surface area contributed by atoms with Crippen LogP contribution in [-0.2, 0) is 0 Å². The smallest absolute Gasteiger partial charge is 0.0991 e. The normalized spacial score (nSPS) is 17.4. The summed E-state index contributed by atoms with van der Waals surface area (Å²) < 4.78 is 0. The summed E-state index contributed by atoms with van der Waals surface area (Å²) in [5.74, 6) is 0. The second-order valence-electron chi connectivity index (χ2n) is 6.16. The molecule has 1 aliphatic carbocycles. The van der Waals surface area contributed by atoms with E-state index >= 15 is 0 Å². The highest BCUT2D eigenvalue weighted by Gasteiger charge is 2.17. The lowest BCUT2D eigenvalue weighted by Crippen LogP contribution is -2.13. The molecular weight excluding hydrogens is 288 g/mol. The fourth-order valence-electron chi connectivity index (χ4n) is 3.07. The van der Waals surface area contributed by atoms with Gasteiger partial charge in [0.05, 0.1) is 11.1 Å². The molecule has 1 saturated carbocycles. The van der Waals surface area contributed by atoms with Crippen LogP contribution in [0.3, 0.4) is 0 Å². The number of thioether (sulfide) groups is 1. The monoisotopic (exact) mass is 312 g/mol. The van der Waals surface area contributed by atoms with E-state index in [1.54, 1.807) is 0 Å². The molecule has 22 heavy (non-hydrogen) atoms. The zero-order valence-corrected chi connectivity index (χ0v) is 14.0. The highest BCUT2D eigenvalue weighted by atomic mass is 32.2. The van der Waals surface area contributed by atoms with E-state index in [-0.39, 0.29) is 6.04 Å². The van der Waals surface area contributed by atoms with Crippen LogP contribution < -0.4 is 5.73 Å². The van der Waals surface area contributed by atoms with Crippen molar-refractivity contribution in [3.8, 4) is 0 Å². The van der Waals surface area contributed by atoms with Gasteiger partial charge in [-0.3, -0.25) is 0 Å². The highest BCUT2D eigenvalue weighted by molar-refractivity contribution is 7.99. The van der Waals surface area contributed by atoms with Crippen molar-refractivity contribution in [2.24, 2.45) is 5.73 Å². The Morgan fingerprint density at radius 2 is 1.82 bits per heavy atom. The number of hydrogen-bond donors (Lipinski definition) is 1. The maximum atomic E-state index is 6.37. The number of aryl methyl sites for hydroxylation is 1. The van der Waals surface area contributed by atoms with Crippen molar-refractivity contribution in [1.29, 1.82) is 0 Å². The zero-order valence-electron chi connectivity index (χ0n) is 13.2. The first-order valence-corrected chi connectivity index (χ1v) is 9.06. The second kappa shape index (κ2) is 7.30. The quantitative estimate of drug-likeness (QED) is 0.876. The molecule has 1 aliphatic rings. The van der Waals surface area contributed by atoms with Crippen molar-refractivity contribution in [3.05, 3.63) is 59.3 Å². The number of aromatic nitrogens is 1. The molecule has 1 heterocycles. The molecule has 1 fully saturated rings. The Morgan fingerprint density at radius 1 is 1.09 bits per heavy atom. The molecule has 0 spiro atoms. The molecule has 1 aromatic carbocycles. The predicted molar refractivity (Wildman–Crippen MR) is 94.2 cm³/mol. The van der Waals surface area contributed by atoms with E-state index in [1.807, 2.05) is 36.2 Å². The van der Waals surface area contributed by atoms with Gasteiger partial charge in [0, 0.05) is 11.4 Å². The molecule has 2 nitrogen and oxygen atoms in total. The van der Waals surface area contributed by atoms with Gasteiger partial charge in [-0.25, -0.2) is 4.98 Å². The number of nitrogens with two attached hydrogens (primary N) is 1. The number of hydrogen-bond acceptors (Lipinski definition) is 3. The van der Waals surface area contributed by atoms with Crippen molar-refractivity contribution < 1.29 is 0 Å². The topological polar surface area (TPSA) is 38.9 Å². The summed E-state index contributed by atoms with van der Waals surface area (Å²) in [4.78, 5) is 4.70. The average molecular weight is 312 g/mol.